The molecule has 1 aliphatic heterocycles. The lowest BCUT2D eigenvalue weighted by Gasteiger charge is -2.10. The molecular formula is C11H16N2O2. The molecule has 4 heteroatoms. The Morgan fingerprint density at radius 1 is 1.60 bits per heavy atom. The summed E-state index contributed by atoms with van der Waals surface area (Å²) >= 11 is 0. The molecule has 1 atom stereocenters. The smallest absolute Gasteiger partial charge is 0.216 e. The van der Waals surface area contributed by atoms with Gasteiger partial charge in [-0.3, -0.25) is 0 Å². The number of nitrogens with zero attached hydrogens (tertiary/aromatic N) is 1. The van der Waals surface area contributed by atoms with Crippen LogP contribution in [0.3, 0.4) is 0 Å². The third-order valence-electron chi connectivity index (χ3n) is 2.56. The van der Waals surface area contributed by atoms with Crippen LogP contribution in [0, 0.1) is 5.92 Å². The second kappa shape index (κ2) is 4.98. The van der Waals surface area contributed by atoms with Gasteiger partial charge in [-0.15, -0.1) is 0 Å². The Morgan fingerprint density at radius 3 is 3.27 bits per heavy atom. The van der Waals surface area contributed by atoms with Crippen LogP contribution in [-0.4, -0.2) is 31.8 Å². The van der Waals surface area contributed by atoms with Gasteiger partial charge in [0.05, 0.1) is 13.7 Å². The molecule has 0 bridgehead atoms. The van der Waals surface area contributed by atoms with Crippen LogP contribution >= 0.6 is 0 Å². The molecule has 1 aromatic heterocycles. The quantitative estimate of drug-likeness (QED) is 0.804. The van der Waals surface area contributed by atoms with E-state index in [4.69, 9.17) is 9.47 Å². The molecule has 1 aromatic rings. The van der Waals surface area contributed by atoms with E-state index < -0.39 is 0 Å². The Bertz CT molecular complexity index is 311. The van der Waals surface area contributed by atoms with Crippen LogP contribution in [0.1, 0.15) is 6.42 Å². The first-order valence-electron chi connectivity index (χ1n) is 5.22. The number of hydrogen-bond acceptors (Lipinski definition) is 4. The van der Waals surface area contributed by atoms with Gasteiger partial charge in [0.1, 0.15) is 5.75 Å². The summed E-state index contributed by atoms with van der Waals surface area (Å²) in [5, 5.41) is 3.31. The molecule has 1 aliphatic rings. The van der Waals surface area contributed by atoms with Crippen molar-refractivity contribution < 1.29 is 9.47 Å². The number of nitrogens with one attached hydrogen (secondary N) is 1. The van der Waals surface area contributed by atoms with Crippen molar-refractivity contribution in [2.24, 2.45) is 5.92 Å². The summed E-state index contributed by atoms with van der Waals surface area (Å²) in [6.45, 7) is 2.93. The molecule has 1 saturated heterocycles. The van der Waals surface area contributed by atoms with Crippen LogP contribution in [0.2, 0.25) is 0 Å². The number of hydrogen-bond donors (Lipinski definition) is 1. The van der Waals surface area contributed by atoms with E-state index in [1.54, 1.807) is 13.3 Å². The molecule has 1 N–H and O–H groups in total. The molecule has 1 unspecified atom stereocenters. The van der Waals surface area contributed by atoms with Gasteiger partial charge in [-0.1, -0.05) is 0 Å². The van der Waals surface area contributed by atoms with Gasteiger partial charge in [-0.25, -0.2) is 4.98 Å². The van der Waals surface area contributed by atoms with Crippen molar-refractivity contribution >= 4 is 0 Å². The van der Waals surface area contributed by atoms with E-state index >= 15 is 0 Å². The number of pyridine rings is 1. The third-order valence-corrected chi connectivity index (χ3v) is 2.56. The summed E-state index contributed by atoms with van der Waals surface area (Å²) in [7, 11) is 1.60. The van der Waals surface area contributed by atoms with Crippen molar-refractivity contribution in [3.05, 3.63) is 18.3 Å². The van der Waals surface area contributed by atoms with Gasteiger partial charge in [0.15, 0.2) is 0 Å². The Balaban J connectivity index is 1.86. The van der Waals surface area contributed by atoms with Gasteiger partial charge in [0.2, 0.25) is 5.88 Å². The maximum absolute atomic E-state index is 5.67. The second-order valence-electron chi connectivity index (χ2n) is 3.70. The highest BCUT2D eigenvalue weighted by Gasteiger charge is 2.14. The molecule has 0 amide bonds. The summed E-state index contributed by atoms with van der Waals surface area (Å²) in [6.07, 6.45) is 2.89. The summed E-state index contributed by atoms with van der Waals surface area (Å²) in [6, 6.07) is 3.66. The van der Waals surface area contributed by atoms with Crippen molar-refractivity contribution in [2.45, 2.75) is 6.42 Å². The fourth-order valence-corrected chi connectivity index (χ4v) is 1.66. The van der Waals surface area contributed by atoms with Crippen LogP contribution in [-0.2, 0) is 0 Å². The fraction of sp³-hybridized carbons (Fsp3) is 0.545. The van der Waals surface area contributed by atoms with E-state index in [0.717, 1.165) is 25.4 Å². The van der Waals surface area contributed by atoms with Crippen LogP contribution in [0.15, 0.2) is 18.3 Å². The standard InChI is InChI=1S/C11H16N2O2/c1-14-11-6-10(3-5-13-11)15-8-9-2-4-12-7-9/h3,5-6,9,12H,2,4,7-8H2,1H3. The molecule has 2 rings (SSSR count). The molecule has 0 saturated carbocycles. The van der Waals surface area contributed by atoms with Gasteiger partial charge in [-0.2, -0.15) is 0 Å². The van der Waals surface area contributed by atoms with Crippen molar-refractivity contribution in [1.29, 1.82) is 0 Å². The van der Waals surface area contributed by atoms with Crippen LogP contribution in [0.4, 0.5) is 0 Å². The highest BCUT2D eigenvalue weighted by atomic mass is 16.5. The molecule has 2 heterocycles. The number of aromatic nitrogens is 1. The zero-order valence-corrected chi connectivity index (χ0v) is 8.90. The Hall–Kier alpha value is -1.29. The van der Waals surface area contributed by atoms with Crippen LogP contribution in [0.25, 0.3) is 0 Å². The van der Waals surface area contributed by atoms with E-state index in [9.17, 15) is 0 Å². The maximum Gasteiger partial charge on any atom is 0.216 e. The molecule has 0 aromatic carbocycles. The molecule has 0 aliphatic carbocycles. The van der Waals surface area contributed by atoms with Gasteiger partial charge in [0.25, 0.3) is 0 Å². The molecule has 0 radical (unpaired) electrons. The zero-order valence-electron chi connectivity index (χ0n) is 8.90. The van der Waals surface area contributed by atoms with Gasteiger partial charge >= 0.3 is 0 Å². The fourth-order valence-electron chi connectivity index (χ4n) is 1.66. The average Bonchev–Trinajstić information content (AvgIpc) is 2.79. The van der Waals surface area contributed by atoms with E-state index in [2.05, 4.69) is 10.3 Å². The monoisotopic (exact) mass is 208 g/mol. The van der Waals surface area contributed by atoms with Crippen LogP contribution in [0.5, 0.6) is 11.6 Å². The van der Waals surface area contributed by atoms with Crippen molar-refractivity contribution in [1.82, 2.24) is 10.3 Å². The third kappa shape index (κ3) is 2.83. The Labute approximate surface area is 89.6 Å². The Kier molecular flexibility index (Phi) is 3.40. The van der Waals surface area contributed by atoms with Crippen molar-refractivity contribution in [3.8, 4) is 11.6 Å². The summed E-state index contributed by atoms with van der Waals surface area (Å²) in [5.41, 5.74) is 0. The van der Waals surface area contributed by atoms with Crippen molar-refractivity contribution in [2.75, 3.05) is 26.8 Å². The largest absolute Gasteiger partial charge is 0.493 e. The molecular weight excluding hydrogens is 192 g/mol. The molecule has 4 nitrogen and oxygen atoms in total. The second-order valence-corrected chi connectivity index (χ2v) is 3.70. The van der Waals surface area contributed by atoms with E-state index in [-0.39, 0.29) is 0 Å². The highest BCUT2D eigenvalue weighted by Crippen LogP contribution is 2.17. The van der Waals surface area contributed by atoms with Crippen LogP contribution < -0.4 is 14.8 Å². The lowest BCUT2D eigenvalue weighted by Crippen LogP contribution is -2.15. The lowest BCUT2D eigenvalue weighted by molar-refractivity contribution is 0.258. The maximum atomic E-state index is 5.67. The van der Waals surface area contributed by atoms with Gasteiger partial charge < -0.3 is 14.8 Å². The molecule has 0 spiro atoms. The summed E-state index contributed by atoms with van der Waals surface area (Å²) < 4.78 is 10.7. The first-order valence-corrected chi connectivity index (χ1v) is 5.22. The van der Waals surface area contributed by atoms with Gasteiger partial charge in [0, 0.05) is 24.7 Å². The topological polar surface area (TPSA) is 43.4 Å². The number of ether oxygens (including phenoxy) is 2. The normalized spacial score (nSPS) is 20.2. The summed E-state index contributed by atoms with van der Waals surface area (Å²) in [4.78, 5) is 4.02. The zero-order chi connectivity index (χ0) is 10.5. The first-order chi connectivity index (χ1) is 7.38. The number of rotatable bonds is 4. The average molecular weight is 208 g/mol. The minimum atomic E-state index is 0.594. The SMILES string of the molecule is COc1cc(OCC2CCNC2)ccn1. The van der Waals surface area contributed by atoms with E-state index in [0.29, 0.717) is 11.8 Å². The predicted octanol–water partition coefficient (Wildman–Crippen LogP) is 1.08. The molecule has 82 valence electrons. The molecule has 15 heavy (non-hydrogen) atoms. The van der Waals surface area contributed by atoms with Crippen molar-refractivity contribution in [3.63, 3.8) is 0 Å². The minimum absolute atomic E-state index is 0.594. The minimum Gasteiger partial charge on any atom is -0.493 e. The Morgan fingerprint density at radius 2 is 2.53 bits per heavy atom. The van der Waals surface area contributed by atoms with Gasteiger partial charge in [-0.05, 0) is 19.0 Å². The van der Waals surface area contributed by atoms with E-state index in [1.807, 2.05) is 12.1 Å². The summed E-state index contributed by atoms with van der Waals surface area (Å²) in [5.74, 6) is 2.05. The number of methoxy groups -OCH3 is 1. The lowest BCUT2D eigenvalue weighted by atomic mass is 10.1. The van der Waals surface area contributed by atoms with E-state index in [1.165, 1.54) is 6.42 Å². The predicted molar refractivity (Wildman–Crippen MR) is 57.3 cm³/mol. The first kappa shape index (κ1) is 10.2. The molecule has 1 fully saturated rings. The highest BCUT2D eigenvalue weighted by molar-refractivity contribution is 5.25.